The van der Waals surface area contributed by atoms with Crippen LogP contribution in [-0.2, 0) is 6.54 Å². The maximum absolute atomic E-state index is 5.65. The number of hydrogen-bond acceptors (Lipinski definition) is 3. The Kier molecular flexibility index (Phi) is 2.34. The van der Waals surface area contributed by atoms with Crippen LogP contribution in [0.2, 0.25) is 0 Å². The Morgan fingerprint density at radius 3 is 2.82 bits per heavy atom. The van der Waals surface area contributed by atoms with E-state index in [2.05, 4.69) is 9.97 Å². The third kappa shape index (κ3) is 1.68. The second kappa shape index (κ2) is 3.99. The van der Waals surface area contributed by atoms with Crippen LogP contribution in [-0.4, -0.2) is 14.4 Å². The van der Waals surface area contributed by atoms with Gasteiger partial charge in [-0.15, -0.1) is 0 Å². The van der Waals surface area contributed by atoms with Crippen LogP contribution < -0.4 is 5.73 Å². The van der Waals surface area contributed by atoms with Gasteiger partial charge in [-0.2, -0.15) is 0 Å². The fraction of sp³-hybridized carbons (Fsp3) is 0.0769. The molecule has 0 atom stereocenters. The molecule has 0 amide bonds. The topological polar surface area (TPSA) is 56.2 Å². The minimum absolute atomic E-state index is 0.524. The van der Waals surface area contributed by atoms with Gasteiger partial charge >= 0.3 is 0 Å². The van der Waals surface area contributed by atoms with E-state index in [0.29, 0.717) is 6.54 Å². The van der Waals surface area contributed by atoms with Crippen molar-refractivity contribution in [2.45, 2.75) is 6.54 Å². The second-order valence-corrected chi connectivity index (χ2v) is 3.83. The lowest BCUT2D eigenvalue weighted by Gasteiger charge is -2.02. The van der Waals surface area contributed by atoms with E-state index in [9.17, 15) is 0 Å². The first-order valence-electron chi connectivity index (χ1n) is 5.46. The molecule has 4 heteroatoms. The Hall–Kier alpha value is -2.20. The molecule has 3 heterocycles. The van der Waals surface area contributed by atoms with Crippen LogP contribution in [0.1, 0.15) is 5.56 Å². The predicted molar refractivity (Wildman–Crippen MR) is 66.3 cm³/mol. The maximum atomic E-state index is 5.65. The van der Waals surface area contributed by atoms with E-state index in [0.717, 1.165) is 22.6 Å². The molecule has 4 nitrogen and oxygen atoms in total. The summed E-state index contributed by atoms with van der Waals surface area (Å²) in [6.07, 6.45) is 5.61. The number of rotatable bonds is 2. The van der Waals surface area contributed by atoms with Gasteiger partial charge in [0, 0.05) is 18.9 Å². The molecule has 3 aromatic rings. The van der Waals surface area contributed by atoms with Gasteiger partial charge in [-0.05, 0) is 23.8 Å². The normalized spacial score (nSPS) is 10.9. The van der Waals surface area contributed by atoms with Crippen molar-refractivity contribution >= 4 is 5.52 Å². The lowest BCUT2D eigenvalue weighted by molar-refractivity contribution is 1.02. The number of nitrogens with zero attached hydrogens (tertiary/aromatic N) is 3. The summed E-state index contributed by atoms with van der Waals surface area (Å²) in [4.78, 5) is 8.71. The molecule has 0 aliphatic rings. The lowest BCUT2D eigenvalue weighted by Crippen LogP contribution is -1.99. The molecule has 0 saturated heterocycles. The minimum atomic E-state index is 0.524. The van der Waals surface area contributed by atoms with Gasteiger partial charge in [-0.25, -0.2) is 4.98 Å². The molecule has 84 valence electrons. The lowest BCUT2D eigenvalue weighted by atomic mass is 10.2. The molecular weight excluding hydrogens is 212 g/mol. The maximum Gasteiger partial charge on any atom is 0.163 e. The van der Waals surface area contributed by atoms with Crippen molar-refractivity contribution in [2.24, 2.45) is 5.73 Å². The molecule has 0 aliphatic heterocycles. The number of aromatic nitrogens is 3. The van der Waals surface area contributed by atoms with E-state index in [1.807, 2.05) is 47.1 Å². The van der Waals surface area contributed by atoms with Gasteiger partial charge in [0.1, 0.15) is 5.69 Å². The van der Waals surface area contributed by atoms with E-state index < -0.39 is 0 Å². The van der Waals surface area contributed by atoms with Gasteiger partial charge in [-0.3, -0.25) is 9.38 Å². The molecule has 0 unspecified atom stereocenters. The summed E-state index contributed by atoms with van der Waals surface area (Å²) in [5.74, 6) is 0.843. The van der Waals surface area contributed by atoms with E-state index in [1.165, 1.54) is 0 Å². The monoisotopic (exact) mass is 224 g/mol. The molecule has 0 aliphatic carbocycles. The highest BCUT2D eigenvalue weighted by Gasteiger charge is 2.06. The summed E-state index contributed by atoms with van der Waals surface area (Å²) in [6, 6.07) is 9.82. The highest BCUT2D eigenvalue weighted by Crippen LogP contribution is 2.17. The van der Waals surface area contributed by atoms with Crippen molar-refractivity contribution in [3.63, 3.8) is 0 Å². The van der Waals surface area contributed by atoms with Crippen molar-refractivity contribution in [3.8, 4) is 11.5 Å². The summed E-state index contributed by atoms with van der Waals surface area (Å²) in [7, 11) is 0. The minimum Gasteiger partial charge on any atom is -0.326 e. The smallest absolute Gasteiger partial charge is 0.163 e. The molecular formula is C13H12N4. The van der Waals surface area contributed by atoms with Gasteiger partial charge in [0.25, 0.3) is 0 Å². The van der Waals surface area contributed by atoms with Crippen molar-refractivity contribution in [3.05, 3.63) is 54.5 Å². The number of pyridine rings is 2. The van der Waals surface area contributed by atoms with E-state index in [1.54, 1.807) is 6.20 Å². The van der Waals surface area contributed by atoms with Crippen LogP contribution in [0.15, 0.2) is 48.9 Å². The highest BCUT2D eigenvalue weighted by molar-refractivity contribution is 5.59. The zero-order chi connectivity index (χ0) is 11.7. The van der Waals surface area contributed by atoms with Crippen molar-refractivity contribution < 1.29 is 0 Å². The van der Waals surface area contributed by atoms with Crippen LogP contribution in [0, 0.1) is 0 Å². The summed E-state index contributed by atoms with van der Waals surface area (Å²) < 4.78 is 2.02. The molecule has 0 fully saturated rings. The Bertz CT molecular complexity index is 643. The fourth-order valence-corrected chi connectivity index (χ4v) is 1.84. The summed E-state index contributed by atoms with van der Waals surface area (Å²) in [6.45, 7) is 0.524. The quantitative estimate of drug-likeness (QED) is 0.722. The average molecular weight is 224 g/mol. The molecule has 17 heavy (non-hydrogen) atoms. The highest BCUT2D eigenvalue weighted by atomic mass is 15.0. The Balaban J connectivity index is 2.23. The summed E-state index contributed by atoms with van der Waals surface area (Å²) >= 11 is 0. The van der Waals surface area contributed by atoms with Gasteiger partial charge < -0.3 is 5.73 Å². The number of nitrogens with two attached hydrogens (primary N) is 1. The third-order valence-corrected chi connectivity index (χ3v) is 2.72. The van der Waals surface area contributed by atoms with Gasteiger partial charge in [0.15, 0.2) is 5.82 Å². The first-order chi connectivity index (χ1) is 8.38. The molecule has 0 bridgehead atoms. The Morgan fingerprint density at radius 1 is 1.12 bits per heavy atom. The zero-order valence-electron chi connectivity index (χ0n) is 9.24. The van der Waals surface area contributed by atoms with Crippen molar-refractivity contribution in [1.29, 1.82) is 0 Å². The molecule has 2 N–H and O–H groups in total. The first kappa shape index (κ1) is 9.99. The van der Waals surface area contributed by atoms with Crippen LogP contribution in [0.5, 0.6) is 0 Å². The first-order valence-corrected chi connectivity index (χ1v) is 5.46. The molecule has 0 saturated carbocycles. The van der Waals surface area contributed by atoms with Crippen LogP contribution in [0.25, 0.3) is 17.0 Å². The van der Waals surface area contributed by atoms with Crippen LogP contribution in [0.3, 0.4) is 0 Å². The SMILES string of the molecule is NCc1ccc2cnc(-c3ccccn3)n2c1. The number of fused-ring (bicyclic) bond motifs is 1. The van der Waals surface area contributed by atoms with Gasteiger partial charge in [-0.1, -0.05) is 12.1 Å². The van der Waals surface area contributed by atoms with Gasteiger partial charge in [0.05, 0.1) is 11.7 Å². The molecule has 3 aromatic heterocycles. The summed E-state index contributed by atoms with van der Waals surface area (Å²) in [5, 5.41) is 0. The molecule has 0 aromatic carbocycles. The third-order valence-electron chi connectivity index (χ3n) is 2.72. The van der Waals surface area contributed by atoms with Crippen molar-refractivity contribution in [1.82, 2.24) is 14.4 Å². The fourth-order valence-electron chi connectivity index (χ4n) is 1.84. The predicted octanol–water partition coefficient (Wildman–Crippen LogP) is 1.85. The van der Waals surface area contributed by atoms with Crippen LogP contribution >= 0.6 is 0 Å². The Morgan fingerprint density at radius 2 is 2.06 bits per heavy atom. The average Bonchev–Trinajstić information content (AvgIpc) is 2.82. The second-order valence-electron chi connectivity index (χ2n) is 3.83. The van der Waals surface area contributed by atoms with E-state index in [-0.39, 0.29) is 0 Å². The van der Waals surface area contributed by atoms with Crippen molar-refractivity contribution in [2.75, 3.05) is 0 Å². The zero-order valence-corrected chi connectivity index (χ0v) is 9.24. The van der Waals surface area contributed by atoms with Gasteiger partial charge in [0.2, 0.25) is 0 Å². The summed E-state index contributed by atoms with van der Waals surface area (Å²) in [5.41, 5.74) is 8.63. The largest absolute Gasteiger partial charge is 0.326 e. The molecule has 0 spiro atoms. The number of imidazole rings is 1. The standard InChI is InChI=1S/C13H12N4/c14-7-10-4-5-11-8-16-13(17(11)9-10)12-3-1-2-6-15-12/h1-6,8-9H,7,14H2. The number of hydrogen-bond donors (Lipinski definition) is 1. The van der Waals surface area contributed by atoms with E-state index >= 15 is 0 Å². The van der Waals surface area contributed by atoms with E-state index in [4.69, 9.17) is 5.73 Å². The molecule has 3 rings (SSSR count). The molecule has 0 radical (unpaired) electrons. The Labute approximate surface area is 98.8 Å². The van der Waals surface area contributed by atoms with Crippen LogP contribution in [0.4, 0.5) is 0 Å².